The van der Waals surface area contributed by atoms with Gasteiger partial charge in [0.25, 0.3) is 5.56 Å². The van der Waals surface area contributed by atoms with Crippen LogP contribution in [0, 0.1) is 0 Å². The number of Topliss-reactive ketones (excluding diaryl/α,β-unsaturated/α-hetero) is 1. The highest BCUT2D eigenvalue weighted by molar-refractivity contribution is 7.99. The van der Waals surface area contributed by atoms with E-state index < -0.39 is 17.0 Å². The lowest BCUT2D eigenvalue weighted by atomic mass is 10.2. The third kappa shape index (κ3) is 4.10. The van der Waals surface area contributed by atoms with Gasteiger partial charge in [-0.2, -0.15) is 0 Å². The maximum absolute atomic E-state index is 12.9. The summed E-state index contributed by atoms with van der Waals surface area (Å²) in [4.78, 5) is 38.3. The first-order chi connectivity index (χ1) is 14.9. The number of aromatic nitrogens is 5. The molecule has 2 N–H and O–H groups in total. The number of nitrogens with zero attached hydrogens (tertiary/aromatic N) is 5. The second-order valence-electron chi connectivity index (χ2n) is 7.21. The van der Waals surface area contributed by atoms with Gasteiger partial charge < -0.3 is 10.5 Å². The second kappa shape index (κ2) is 8.81. The molecule has 1 unspecified atom stereocenters. The number of thioether (sulfide) groups is 1. The van der Waals surface area contributed by atoms with Crippen molar-refractivity contribution in [2.75, 3.05) is 18.1 Å². The fourth-order valence-electron chi connectivity index (χ4n) is 3.46. The molecule has 1 aliphatic rings. The van der Waals surface area contributed by atoms with E-state index in [-0.39, 0.29) is 23.2 Å². The molecule has 3 aromatic rings. The first-order valence-corrected chi connectivity index (χ1v) is 11.5. The fourth-order valence-corrected chi connectivity index (χ4v) is 5.00. The van der Waals surface area contributed by atoms with Crippen molar-refractivity contribution in [3.8, 4) is 10.7 Å². The Morgan fingerprint density at radius 1 is 1.32 bits per heavy atom. The maximum Gasteiger partial charge on any atom is 0.332 e. The highest BCUT2D eigenvalue weighted by Gasteiger charge is 2.24. The SMILES string of the molecule is Cn1c(N)c(C(=O)CSc2nnc(-c3cccs3)n2CC2CCCO2)c(=O)n(C)c1=O. The molecule has 1 saturated heterocycles. The highest BCUT2D eigenvalue weighted by atomic mass is 32.2. The predicted octanol–water partition coefficient (Wildman–Crippen LogP) is 1.14. The molecule has 3 aromatic heterocycles. The van der Waals surface area contributed by atoms with E-state index >= 15 is 0 Å². The molecule has 1 atom stereocenters. The average molecular weight is 463 g/mol. The molecule has 0 spiro atoms. The number of thiophene rings is 1. The molecule has 10 nitrogen and oxygen atoms in total. The lowest BCUT2D eigenvalue weighted by molar-refractivity contribution is 0.0953. The Hall–Kier alpha value is -2.70. The van der Waals surface area contributed by atoms with E-state index in [0.717, 1.165) is 39.3 Å². The Kier molecular flexibility index (Phi) is 6.12. The van der Waals surface area contributed by atoms with Crippen molar-refractivity contribution in [3.63, 3.8) is 0 Å². The van der Waals surface area contributed by atoms with E-state index in [9.17, 15) is 14.4 Å². The van der Waals surface area contributed by atoms with Crippen molar-refractivity contribution in [1.29, 1.82) is 0 Å². The maximum atomic E-state index is 12.9. The van der Waals surface area contributed by atoms with Crippen molar-refractivity contribution in [1.82, 2.24) is 23.9 Å². The summed E-state index contributed by atoms with van der Waals surface area (Å²) in [5.41, 5.74) is 4.43. The van der Waals surface area contributed by atoms with Gasteiger partial charge in [-0.05, 0) is 24.3 Å². The quantitative estimate of drug-likeness (QED) is 0.409. The minimum atomic E-state index is -0.703. The number of hydrogen-bond donors (Lipinski definition) is 1. The number of anilines is 1. The predicted molar refractivity (Wildman–Crippen MR) is 119 cm³/mol. The van der Waals surface area contributed by atoms with E-state index in [1.54, 1.807) is 11.3 Å². The number of carbonyl (C=O) groups excluding carboxylic acids is 1. The molecule has 0 radical (unpaired) electrons. The third-order valence-corrected chi connectivity index (χ3v) is 7.02. The lowest BCUT2D eigenvalue weighted by Crippen LogP contribution is -2.41. The standard InChI is InChI=1S/C19H22N6O4S2/c1-23-15(20)14(17(27)24(2)19(23)28)12(26)10-31-18-22-21-16(13-6-4-8-30-13)25(18)9-11-5-3-7-29-11/h4,6,8,11H,3,5,7,9-10,20H2,1-2H3. The summed E-state index contributed by atoms with van der Waals surface area (Å²) in [5.74, 6) is 0.0472. The van der Waals surface area contributed by atoms with Crippen molar-refractivity contribution in [2.45, 2.75) is 30.6 Å². The van der Waals surface area contributed by atoms with Crippen LogP contribution in [0.3, 0.4) is 0 Å². The van der Waals surface area contributed by atoms with Crippen LogP contribution in [-0.4, -0.2) is 48.1 Å². The van der Waals surface area contributed by atoms with E-state index in [1.165, 1.54) is 25.9 Å². The number of nitrogens with two attached hydrogens (primary N) is 1. The van der Waals surface area contributed by atoms with Crippen LogP contribution in [0.5, 0.6) is 0 Å². The van der Waals surface area contributed by atoms with Gasteiger partial charge in [-0.25, -0.2) is 4.79 Å². The molecule has 0 amide bonds. The Morgan fingerprint density at radius 2 is 2.13 bits per heavy atom. The van der Waals surface area contributed by atoms with E-state index in [2.05, 4.69) is 10.2 Å². The molecular formula is C19H22N6O4S2. The van der Waals surface area contributed by atoms with Gasteiger partial charge in [0.2, 0.25) is 0 Å². The van der Waals surface area contributed by atoms with Crippen LogP contribution in [0.25, 0.3) is 10.7 Å². The highest BCUT2D eigenvalue weighted by Crippen LogP contribution is 2.29. The van der Waals surface area contributed by atoms with Crippen molar-refractivity contribution in [2.24, 2.45) is 14.1 Å². The Morgan fingerprint density at radius 3 is 2.81 bits per heavy atom. The second-order valence-corrected chi connectivity index (χ2v) is 9.10. The number of ether oxygens (including phenoxy) is 1. The summed E-state index contributed by atoms with van der Waals surface area (Å²) in [6.07, 6.45) is 2.03. The van der Waals surface area contributed by atoms with Crippen LogP contribution in [0.15, 0.2) is 32.3 Å². The summed E-state index contributed by atoms with van der Waals surface area (Å²) < 4.78 is 9.71. The van der Waals surface area contributed by atoms with Crippen LogP contribution in [-0.2, 0) is 25.4 Å². The Labute approximate surface area is 185 Å². The Balaban J connectivity index is 1.61. The van der Waals surface area contributed by atoms with Gasteiger partial charge in [0, 0.05) is 20.7 Å². The minimum Gasteiger partial charge on any atom is -0.384 e. The van der Waals surface area contributed by atoms with E-state index in [0.29, 0.717) is 11.7 Å². The first kappa shape index (κ1) is 21.5. The van der Waals surface area contributed by atoms with Gasteiger partial charge in [-0.3, -0.25) is 23.3 Å². The third-order valence-electron chi connectivity index (χ3n) is 5.19. The number of hydrogen-bond acceptors (Lipinski definition) is 9. The molecule has 0 aromatic carbocycles. The molecular weight excluding hydrogens is 440 g/mol. The normalized spacial score (nSPS) is 16.1. The van der Waals surface area contributed by atoms with Crippen molar-refractivity contribution < 1.29 is 9.53 Å². The molecule has 0 bridgehead atoms. The van der Waals surface area contributed by atoms with Crippen molar-refractivity contribution in [3.05, 3.63) is 43.9 Å². The molecule has 12 heteroatoms. The van der Waals surface area contributed by atoms with Crippen LogP contribution in [0.1, 0.15) is 23.2 Å². The molecule has 0 aliphatic carbocycles. The van der Waals surface area contributed by atoms with Crippen LogP contribution in [0.4, 0.5) is 5.82 Å². The van der Waals surface area contributed by atoms with Crippen LogP contribution >= 0.6 is 23.1 Å². The zero-order valence-electron chi connectivity index (χ0n) is 17.1. The minimum absolute atomic E-state index is 0.0637. The zero-order chi connectivity index (χ0) is 22.1. The number of carbonyl (C=O) groups is 1. The van der Waals surface area contributed by atoms with Gasteiger partial charge in [0.05, 0.1) is 23.3 Å². The first-order valence-electron chi connectivity index (χ1n) is 9.68. The van der Waals surface area contributed by atoms with Gasteiger partial charge in [0.1, 0.15) is 11.4 Å². The summed E-state index contributed by atoms with van der Waals surface area (Å²) in [7, 11) is 2.74. The number of ketones is 1. The van der Waals surface area contributed by atoms with Gasteiger partial charge in [-0.15, -0.1) is 21.5 Å². The van der Waals surface area contributed by atoms with E-state index in [4.69, 9.17) is 10.5 Å². The number of nitrogen functional groups attached to an aromatic ring is 1. The molecule has 1 aliphatic heterocycles. The van der Waals surface area contributed by atoms with Crippen LogP contribution in [0.2, 0.25) is 0 Å². The summed E-state index contributed by atoms with van der Waals surface area (Å²) >= 11 is 2.74. The van der Waals surface area contributed by atoms with Gasteiger partial charge >= 0.3 is 5.69 Å². The fraction of sp³-hybridized carbons (Fsp3) is 0.421. The van der Waals surface area contributed by atoms with E-state index in [1.807, 2.05) is 22.1 Å². The summed E-state index contributed by atoms with van der Waals surface area (Å²) in [6.45, 7) is 1.32. The number of rotatable bonds is 7. The van der Waals surface area contributed by atoms with Gasteiger partial charge in [-0.1, -0.05) is 17.8 Å². The smallest absolute Gasteiger partial charge is 0.332 e. The molecule has 0 saturated carbocycles. The molecule has 31 heavy (non-hydrogen) atoms. The zero-order valence-corrected chi connectivity index (χ0v) is 18.7. The summed E-state index contributed by atoms with van der Waals surface area (Å²) in [5, 5.41) is 11.1. The molecule has 4 heterocycles. The van der Waals surface area contributed by atoms with Crippen LogP contribution < -0.4 is 17.0 Å². The molecule has 4 rings (SSSR count). The molecule has 1 fully saturated rings. The largest absolute Gasteiger partial charge is 0.384 e. The Bertz CT molecular complexity index is 1220. The topological polar surface area (TPSA) is 127 Å². The average Bonchev–Trinajstić information content (AvgIpc) is 3.52. The van der Waals surface area contributed by atoms with Crippen molar-refractivity contribution >= 4 is 34.7 Å². The monoisotopic (exact) mass is 462 g/mol. The summed E-state index contributed by atoms with van der Waals surface area (Å²) in [6, 6.07) is 3.91. The van der Waals surface area contributed by atoms with Gasteiger partial charge in [0.15, 0.2) is 16.8 Å². The molecule has 164 valence electrons. The lowest BCUT2D eigenvalue weighted by Gasteiger charge is -2.14.